The SMILES string of the molecule is CCCn1cc(C=O)c(=O)c2cc(NCCNCC(O)CO[C@@](C)(CO[C@@H]3O[C@H](C)C[C@H](N(C)C)[C@H]3O)C[C@@H](C)NC(=O)[C@H](C)[C@@H](O)[C@](C)(O)[C@@H](CC)OC(=O)[C@H](C)C(OC3CC(C)[C@@H](O)[C@H](C)O3)C(C)C)c(Cl)cc21. The first kappa shape index (κ1) is 65.2. The lowest BCUT2D eigenvalue weighted by Crippen LogP contribution is -2.57. The Morgan fingerprint density at radius 2 is 1.68 bits per heavy atom. The summed E-state index contributed by atoms with van der Waals surface area (Å²) in [6, 6.07) is 2.49. The van der Waals surface area contributed by atoms with Crippen molar-refractivity contribution >= 4 is 46.4 Å². The number of aryl methyl sites for hydroxylation is 1. The van der Waals surface area contributed by atoms with Gasteiger partial charge >= 0.3 is 5.97 Å². The van der Waals surface area contributed by atoms with Crippen LogP contribution in [0.15, 0.2) is 23.1 Å². The summed E-state index contributed by atoms with van der Waals surface area (Å²) < 4.78 is 38.6. The van der Waals surface area contributed by atoms with Crippen LogP contribution >= 0.6 is 11.6 Å². The number of nitrogens with zero attached hydrogens (tertiary/aromatic N) is 2. The standard InChI is InChI=1S/C55H92ClN5O15/c1-15-19-61-26-37(27-62)47(65)39-22-41(40(56)23-42(39)61)58-18-17-57-25-38(63)28-72-54(11,29-71-53-48(66)43(60(13)14)21-33(7)73-53)24-32(6)59-51(68)35(9)50(67)55(12,70)44(16-2)75-52(69)34(8)49(30(3)4)76-45-20-31(5)46(64)36(10)74-45/h22-23,26-27,30-36,38,43-46,48-50,53,57-58,63-64,66-67,70H,15-21,24-25,28-29H2,1-14H3,(H,59,68)/t31?,32-,33-,34-,35-,36+,38?,43+,44-,45?,46-,48-,49?,50-,53-,54-,55-/m1/s1. The second kappa shape index (κ2) is 29.2. The number of amides is 1. The fourth-order valence-corrected chi connectivity index (χ4v) is 10.6. The zero-order chi connectivity index (χ0) is 57.0. The molecular formula is C55H92ClN5O15. The summed E-state index contributed by atoms with van der Waals surface area (Å²) in [5.41, 5.74) is -2.41. The van der Waals surface area contributed by atoms with Crippen molar-refractivity contribution in [2.75, 3.05) is 52.3 Å². The first-order valence-corrected chi connectivity index (χ1v) is 27.6. The fraction of sp³-hybridized carbons (Fsp3) is 0.782. The van der Waals surface area contributed by atoms with Gasteiger partial charge < -0.3 is 79.4 Å². The number of carbonyl (C=O) groups excluding carboxylic acids is 3. The Labute approximate surface area is 454 Å². The zero-order valence-corrected chi connectivity index (χ0v) is 48.2. The molecule has 2 saturated heterocycles. The van der Waals surface area contributed by atoms with E-state index in [1.165, 1.54) is 13.8 Å². The van der Waals surface area contributed by atoms with Crippen molar-refractivity contribution in [2.24, 2.45) is 23.7 Å². The number of aliphatic hydroxyl groups excluding tert-OH is 4. The molecule has 3 heterocycles. The van der Waals surface area contributed by atoms with Crippen LogP contribution < -0.4 is 21.4 Å². The Bertz CT molecular complexity index is 2220. The van der Waals surface area contributed by atoms with E-state index in [1.54, 1.807) is 52.9 Å². The molecule has 8 N–H and O–H groups in total. The number of pyridine rings is 1. The molecule has 2 aliphatic heterocycles. The zero-order valence-electron chi connectivity index (χ0n) is 47.4. The molecule has 2 aliphatic rings. The minimum atomic E-state index is -2.06. The lowest BCUT2D eigenvalue weighted by Gasteiger charge is -2.42. The predicted octanol–water partition coefficient (Wildman–Crippen LogP) is 4.23. The van der Waals surface area contributed by atoms with E-state index in [1.807, 2.05) is 58.2 Å². The maximum absolute atomic E-state index is 13.9. The molecule has 2 aromatic rings. The molecule has 0 bridgehead atoms. The van der Waals surface area contributed by atoms with E-state index in [0.29, 0.717) is 60.4 Å². The highest BCUT2D eigenvalue weighted by Crippen LogP contribution is 2.33. The first-order chi connectivity index (χ1) is 35.6. The maximum Gasteiger partial charge on any atom is 0.311 e. The Morgan fingerprint density at radius 1 is 1.00 bits per heavy atom. The average molecular weight is 1100 g/mol. The second-order valence-electron chi connectivity index (χ2n) is 22.5. The normalized spacial score (nSPS) is 26.7. The highest BCUT2D eigenvalue weighted by Gasteiger charge is 2.47. The molecule has 4 rings (SSSR count). The third-order valence-electron chi connectivity index (χ3n) is 15.0. The number of likely N-dealkylation sites (N-methyl/N-ethyl adjacent to an activating group) is 1. The molecule has 1 amide bonds. The number of hydrogen-bond acceptors (Lipinski definition) is 18. The van der Waals surface area contributed by atoms with E-state index in [0.717, 1.165) is 6.42 Å². The molecule has 20 nitrogen and oxygen atoms in total. The molecule has 17 atom stereocenters. The minimum Gasteiger partial charge on any atom is -0.459 e. The minimum absolute atomic E-state index is 0.0629. The number of nitrogens with one attached hydrogen (secondary N) is 3. The van der Waals surface area contributed by atoms with Crippen molar-refractivity contribution < 1.29 is 68.3 Å². The van der Waals surface area contributed by atoms with E-state index < -0.39 is 96.3 Å². The largest absolute Gasteiger partial charge is 0.459 e. The summed E-state index contributed by atoms with van der Waals surface area (Å²) in [6.45, 7) is 22.3. The van der Waals surface area contributed by atoms with Crippen LogP contribution in [0.3, 0.4) is 0 Å². The molecule has 0 spiro atoms. The summed E-state index contributed by atoms with van der Waals surface area (Å²) in [5, 5.41) is 66.3. The third-order valence-corrected chi connectivity index (χ3v) is 15.3. The Hall–Kier alpha value is -3.35. The number of carbonyl (C=O) groups is 3. The molecule has 0 aliphatic carbocycles. The molecular weight excluding hydrogens is 1010 g/mol. The van der Waals surface area contributed by atoms with Crippen LogP contribution in [0.25, 0.3) is 10.9 Å². The van der Waals surface area contributed by atoms with E-state index in [2.05, 4.69) is 16.0 Å². The molecule has 0 saturated carbocycles. The summed E-state index contributed by atoms with van der Waals surface area (Å²) in [6.07, 6.45) is -4.26. The van der Waals surface area contributed by atoms with Crippen molar-refractivity contribution in [1.82, 2.24) is 20.1 Å². The lowest BCUT2D eigenvalue weighted by atomic mass is 9.83. The monoisotopic (exact) mass is 1100 g/mol. The number of hydrogen-bond donors (Lipinski definition) is 8. The van der Waals surface area contributed by atoms with E-state index in [-0.39, 0.29) is 67.6 Å². The fourth-order valence-electron chi connectivity index (χ4n) is 10.4. The van der Waals surface area contributed by atoms with Gasteiger partial charge in [0.2, 0.25) is 5.91 Å². The average Bonchev–Trinajstić information content (AvgIpc) is 3.35. The highest BCUT2D eigenvalue weighted by molar-refractivity contribution is 6.34. The van der Waals surface area contributed by atoms with E-state index >= 15 is 0 Å². The van der Waals surface area contributed by atoms with Crippen LogP contribution in [0.1, 0.15) is 126 Å². The number of ether oxygens (including phenoxy) is 6. The predicted molar refractivity (Wildman–Crippen MR) is 290 cm³/mol. The smallest absolute Gasteiger partial charge is 0.311 e. The molecule has 0 radical (unpaired) electrons. The molecule has 21 heteroatoms. The molecule has 4 unspecified atom stereocenters. The van der Waals surface area contributed by atoms with Crippen LogP contribution in [0.4, 0.5) is 5.69 Å². The van der Waals surface area contributed by atoms with Gasteiger partial charge in [0.1, 0.15) is 17.8 Å². The molecule has 2 fully saturated rings. The van der Waals surface area contributed by atoms with Crippen molar-refractivity contribution in [3.05, 3.63) is 39.1 Å². The molecule has 1 aromatic carbocycles. The van der Waals surface area contributed by atoms with Gasteiger partial charge in [-0.3, -0.25) is 19.2 Å². The van der Waals surface area contributed by atoms with E-state index in [9.17, 15) is 44.7 Å². The van der Waals surface area contributed by atoms with Crippen LogP contribution in [0, 0.1) is 23.7 Å². The van der Waals surface area contributed by atoms with Crippen molar-refractivity contribution in [3.63, 3.8) is 0 Å². The quantitative estimate of drug-likeness (QED) is 0.0309. The van der Waals surface area contributed by atoms with Gasteiger partial charge in [0.25, 0.3) is 0 Å². The van der Waals surface area contributed by atoms with Crippen LogP contribution in [-0.2, 0) is 44.6 Å². The van der Waals surface area contributed by atoms with Gasteiger partial charge in [-0.2, -0.15) is 0 Å². The number of benzene rings is 1. The number of rotatable bonds is 30. The Balaban J connectivity index is 1.39. The number of anilines is 1. The van der Waals surface area contributed by atoms with Gasteiger partial charge in [0.15, 0.2) is 24.3 Å². The first-order valence-electron chi connectivity index (χ1n) is 27.2. The summed E-state index contributed by atoms with van der Waals surface area (Å²) in [7, 11) is 3.74. The summed E-state index contributed by atoms with van der Waals surface area (Å²) in [5.74, 6) is -3.44. The molecule has 76 heavy (non-hydrogen) atoms. The van der Waals surface area contributed by atoms with Gasteiger partial charge in [-0.25, -0.2) is 0 Å². The van der Waals surface area contributed by atoms with Crippen LogP contribution in [0.5, 0.6) is 0 Å². The highest BCUT2D eigenvalue weighted by atomic mass is 35.5. The van der Waals surface area contributed by atoms with Gasteiger partial charge in [-0.15, -0.1) is 0 Å². The lowest BCUT2D eigenvalue weighted by molar-refractivity contribution is -0.269. The Kier molecular flexibility index (Phi) is 25.0. The number of fused-ring (bicyclic) bond motifs is 1. The van der Waals surface area contributed by atoms with E-state index in [4.69, 9.17) is 40.0 Å². The summed E-state index contributed by atoms with van der Waals surface area (Å²) >= 11 is 6.63. The topological polar surface area (TPSA) is 269 Å². The van der Waals surface area contributed by atoms with Crippen molar-refractivity contribution in [2.45, 2.75) is 206 Å². The summed E-state index contributed by atoms with van der Waals surface area (Å²) in [4.78, 5) is 54.3. The van der Waals surface area contributed by atoms with Crippen LogP contribution in [-0.4, -0.2) is 185 Å². The Morgan fingerprint density at radius 3 is 2.29 bits per heavy atom. The van der Waals surface area contributed by atoms with Gasteiger partial charge in [-0.1, -0.05) is 53.1 Å². The number of halogens is 1. The second-order valence-corrected chi connectivity index (χ2v) is 22.9. The number of aromatic nitrogens is 1. The van der Waals surface area contributed by atoms with Gasteiger partial charge in [0.05, 0.1) is 89.1 Å². The number of aldehydes is 1. The van der Waals surface area contributed by atoms with Crippen LogP contribution in [0.2, 0.25) is 5.02 Å². The number of esters is 1. The number of aliphatic hydroxyl groups is 5. The maximum atomic E-state index is 13.9. The van der Waals surface area contributed by atoms with Crippen molar-refractivity contribution in [3.8, 4) is 0 Å². The van der Waals surface area contributed by atoms with Gasteiger partial charge in [-0.05, 0) is 105 Å². The molecule has 434 valence electrons. The van der Waals surface area contributed by atoms with Crippen molar-refractivity contribution in [1.29, 1.82) is 0 Å². The molecule has 1 aromatic heterocycles. The van der Waals surface area contributed by atoms with Gasteiger partial charge in [0, 0.05) is 56.3 Å². The third kappa shape index (κ3) is 17.3.